The monoisotopic (exact) mass is 349 g/mol. The van der Waals surface area contributed by atoms with Gasteiger partial charge < -0.3 is 14.8 Å². The summed E-state index contributed by atoms with van der Waals surface area (Å²) in [5.41, 5.74) is -1.40. The van der Waals surface area contributed by atoms with Crippen LogP contribution >= 0.6 is 0 Å². The van der Waals surface area contributed by atoms with E-state index in [9.17, 15) is 14.4 Å². The van der Waals surface area contributed by atoms with E-state index >= 15 is 0 Å². The Morgan fingerprint density at radius 3 is 2.24 bits per heavy atom. The van der Waals surface area contributed by atoms with Crippen LogP contribution in [-0.4, -0.2) is 36.6 Å². The van der Waals surface area contributed by atoms with Crippen molar-refractivity contribution in [1.29, 1.82) is 0 Å². The number of carbonyl (C=O) groups is 3. The molecule has 25 heavy (non-hydrogen) atoms. The van der Waals surface area contributed by atoms with Gasteiger partial charge in [-0.1, -0.05) is 30.9 Å². The molecule has 0 saturated carbocycles. The Balaban J connectivity index is 5.14. The molecule has 1 N–H and O–H groups in total. The smallest absolute Gasteiger partial charge is 0.344 e. The van der Waals surface area contributed by atoms with E-state index in [4.69, 9.17) is 9.47 Å². The summed E-state index contributed by atoms with van der Waals surface area (Å²) >= 11 is 0. The van der Waals surface area contributed by atoms with Gasteiger partial charge in [0.05, 0.1) is 6.61 Å². The number of esters is 2. The van der Waals surface area contributed by atoms with E-state index in [0.717, 1.165) is 12.8 Å². The maximum Gasteiger partial charge on any atom is 0.344 e. The molecular weight excluding hydrogens is 322 g/mol. The fourth-order valence-corrected chi connectivity index (χ4v) is 1.97. The molecule has 6 heteroatoms. The molecule has 0 fully saturated rings. The lowest BCUT2D eigenvalue weighted by Gasteiger charge is -2.28. The fraction of sp³-hybridized carbons (Fsp3) is 0.421. The van der Waals surface area contributed by atoms with Gasteiger partial charge in [0.2, 0.25) is 11.4 Å². The summed E-state index contributed by atoms with van der Waals surface area (Å²) in [4.78, 5) is 36.3. The Bertz CT molecular complexity index is 550. The number of rotatable bonds is 12. The highest BCUT2D eigenvalue weighted by Crippen LogP contribution is 2.17. The Hall–Kier alpha value is -2.63. The van der Waals surface area contributed by atoms with Crippen molar-refractivity contribution in [3.63, 3.8) is 0 Å². The molecule has 0 saturated heterocycles. The molecule has 1 atom stereocenters. The first-order chi connectivity index (χ1) is 11.8. The molecule has 0 bridgehead atoms. The minimum atomic E-state index is -1.95. The number of nitrogens with one attached hydrogen (secondary N) is 1. The van der Waals surface area contributed by atoms with Gasteiger partial charge >= 0.3 is 11.9 Å². The minimum absolute atomic E-state index is 0.0589. The quantitative estimate of drug-likeness (QED) is 0.193. The van der Waals surface area contributed by atoms with Crippen LogP contribution in [0.2, 0.25) is 0 Å². The highest BCUT2D eigenvalue weighted by Gasteiger charge is 2.49. The van der Waals surface area contributed by atoms with Crippen LogP contribution in [0.25, 0.3) is 0 Å². The van der Waals surface area contributed by atoms with Gasteiger partial charge in [0, 0.05) is 13.3 Å². The number of unbranched alkanes of at least 4 members (excludes halogenated alkanes) is 1. The molecule has 1 amide bonds. The summed E-state index contributed by atoms with van der Waals surface area (Å²) in [5, 5.41) is 2.34. The summed E-state index contributed by atoms with van der Waals surface area (Å²) < 4.78 is 10.1. The highest BCUT2D eigenvalue weighted by molar-refractivity contribution is 6.07. The topological polar surface area (TPSA) is 81.7 Å². The van der Waals surface area contributed by atoms with Gasteiger partial charge in [-0.05, 0) is 25.3 Å². The molecular formula is C19H27NO5. The van der Waals surface area contributed by atoms with Crippen LogP contribution in [0.15, 0.2) is 49.6 Å². The van der Waals surface area contributed by atoms with Crippen LogP contribution in [0.5, 0.6) is 0 Å². The first kappa shape index (κ1) is 22.4. The van der Waals surface area contributed by atoms with Crippen molar-refractivity contribution in [2.24, 2.45) is 0 Å². The fourth-order valence-electron chi connectivity index (χ4n) is 1.97. The van der Waals surface area contributed by atoms with E-state index in [1.165, 1.54) is 13.0 Å². The number of allylic oxidation sites excluding steroid dienone is 2. The second kappa shape index (κ2) is 11.8. The van der Waals surface area contributed by atoms with E-state index in [1.54, 1.807) is 19.1 Å². The highest BCUT2D eigenvalue weighted by atomic mass is 16.6. The minimum Gasteiger partial charge on any atom is -0.464 e. The number of amides is 1. The van der Waals surface area contributed by atoms with Crippen molar-refractivity contribution in [2.45, 2.75) is 38.6 Å². The van der Waals surface area contributed by atoms with Gasteiger partial charge in [-0.25, -0.2) is 9.59 Å². The average molecular weight is 349 g/mol. The average Bonchev–Trinajstić information content (AvgIpc) is 2.55. The molecule has 0 aliphatic carbocycles. The van der Waals surface area contributed by atoms with Crippen molar-refractivity contribution in [3.8, 4) is 0 Å². The lowest BCUT2D eigenvalue weighted by molar-refractivity contribution is -0.167. The van der Waals surface area contributed by atoms with Gasteiger partial charge in [0.1, 0.15) is 6.61 Å². The second-order valence-electron chi connectivity index (χ2n) is 5.30. The summed E-state index contributed by atoms with van der Waals surface area (Å²) in [6.45, 7) is 13.7. The van der Waals surface area contributed by atoms with E-state index < -0.39 is 23.4 Å². The van der Waals surface area contributed by atoms with Crippen LogP contribution in [0, 0.1) is 0 Å². The summed E-state index contributed by atoms with van der Waals surface area (Å²) in [5.74, 6) is -2.36. The predicted octanol–water partition coefficient (Wildman–Crippen LogP) is 2.62. The van der Waals surface area contributed by atoms with Crippen LogP contribution in [0.3, 0.4) is 0 Å². The normalized spacial score (nSPS) is 12.7. The van der Waals surface area contributed by atoms with E-state index in [2.05, 4.69) is 25.1 Å². The van der Waals surface area contributed by atoms with Crippen LogP contribution in [-0.2, 0) is 23.9 Å². The first-order valence-corrected chi connectivity index (χ1v) is 8.03. The molecule has 0 aromatic carbocycles. The maximum atomic E-state index is 12.5. The Labute approximate surface area is 149 Å². The summed E-state index contributed by atoms with van der Waals surface area (Å²) in [7, 11) is 0. The molecule has 0 spiro atoms. The van der Waals surface area contributed by atoms with Crippen molar-refractivity contribution in [1.82, 2.24) is 5.32 Å². The first-order valence-electron chi connectivity index (χ1n) is 8.03. The van der Waals surface area contributed by atoms with Crippen molar-refractivity contribution in [2.75, 3.05) is 13.2 Å². The molecule has 1 unspecified atom stereocenters. The van der Waals surface area contributed by atoms with Gasteiger partial charge in [0.15, 0.2) is 0 Å². The molecule has 0 aliphatic heterocycles. The molecule has 6 nitrogen and oxygen atoms in total. The van der Waals surface area contributed by atoms with Gasteiger partial charge in [0.25, 0.3) is 0 Å². The zero-order valence-electron chi connectivity index (χ0n) is 15.0. The van der Waals surface area contributed by atoms with Crippen LogP contribution < -0.4 is 5.32 Å². The third-order valence-corrected chi connectivity index (χ3v) is 3.09. The third-order valence-electron chi connectivity index (χ3n) is 3.09. The second-order valence-corrected chi connectivity index (χ2v) is 5.30. The van der Waals surface area contributed by atoms with Crippen molar-refractivity contribution >= 4 is 17.8 Å². The third kappa shape index (κ3) is 7.65. The summed E-state index contributed by atoms with van der Waals surface area (Å²) in [6, 6.07) is 0. The number of ether oxygens (including phenoxy) is 2. The molecule has 0 heterocycles. The van der Waals surface area contributed by atoms with Crippen LogP contribution in [0.4, 0.5) is 0 Å². The lowest BCUT2D eigenvalue weighted by atomic mass is 9.95. The zero-order valence-corrected chi connectivity index (χ0v) is 15.0. The lowest BCUT2D eigenvalue weighted by Crippen LogP contribution is -2.60. The number of hydrogen-bond donors (Lipinski definition) is 1. The molecule has 0 radical (unpaired) electrons. The van der Waals surface area contributed by atoms with Gasteiger partial charge in [-0.3, -0.25) is 4.79 Å². The van der Waals surface area contributed by atoms with Gasteiger partial charge in [-0.2, -0.15) is 0 Å². The van der Waals surface area contributed by atoms with E-state index in [-0.39, 0.29) is 19.6 Å². The molecule has 0 aromatic rings. The zero-order chi connectivity index (χ0) is 19.3. The van der Waals surface area contributed by atoms with Gasteiger partial charge in [-0.15, -0.1) is 13.2 Å². The SMILES string of the molecule is C=CCC/C=C\C(=C)COC(=O)C(CC=C)(NC(C)=O)C(=O)OCC. The molecule has 138 valence electrons. The van der Waals surface area contributed by atoms with Crippen molar-refractivity contribution < 1.29 is 23.9 Å². The standard InChI is InChI=1S/C19H27NO5/c1-6-9-10-11-12-15(4)14-25-18(23)19(13-7-2,20-16(5)21)17(22)24-8-3/h6-7,11-12H,1-2,4,8-10,13-14H2,3,5H3,(H,20,21)/b12-11-. The Morgan fingerprint density at radius 2 is 1.72 bits per heavy atom. The molecule has 0 aliphatic rings. The number of hydrogen-bond acceptors (Lipinski definition) is 5. The maximum absolute atomic E-state index is 12.5. The van der Waals surface area contributed by atoms with Crippen molar-refractivity contribution in [3.05, 3.63) is 49.6 Å². The largest absolute Gasteiger partial charge is 0.464 e. The van der Waals surface area contributed by atoms with E-state index in [0.29, 0.717) is 5.57 Å². The Kier molecular flexibility index (Phi) is 10.6. The molecule has 0 aromatic heterocycles. The van der Waals surface area contributed by atoms with Crippen LogP contribution in [0.1, 0.15) is 33.1 Å². The summed E-state index contributed by atoms with van der Waals surface area (Å²) in [6.07, 6.45) is 8.24. The molecule has 0 rings (SSSR count). The Morgan fingerprint density at radius 1 is 1.08 bits per heavy atom. The number of carbonyl (C=O) groups excluding carboxylic acids is 3. The van der Waals surface area contributed by atoms with E-state index in [1.807, 2.05) is 6.08 Å². The predicted molar refractivity (Wildman–Crippen MR) is 96.7 cm³/mol.